The number of nitrogens with one attached hydrogen (secondary N) is 2. The van der Waals surface area contributed by atoms with Crippen LogP contribution in [0.25, 0.3) is 0 Å². The minimum Gasteiger partial charge on any atom is -0.438 e. The van der Waals surface area contributed by atoms with E-state index in [1.54, 1.807) is 18.2 Å². The zero-order valence-electron chi connectivity index (χ0n) is 20.7. The summed E-state index contributed by atoms with van der Waals surface area (Å²) in [4.78, 5) is 17.0. The lowest BCUT2D eigenvalue weighted by Crippen LogP contribution is -2.44. The molecule has 0 spiro atoms. The summed E-state index contributed by atoms with van der Waals surface area (Å²) >= 11 is 1.50. The van der Waals surface area contributed by atoms with E-state index < -0.39 is 44.4 Å². The van der Waals surface area contributed by atoms with Gasteiger partial charge in [0.25, 0.3) is 5.91 Å². The van der Waals surface area contributed by atoms with E-state index in [4.69, 9.17) is 4.74 Å². The molecule has 208 valence electrons. The standard InChI is InChI=1S/C26H25F4N3O4S2/c1-38-20-6-4-5-19(14-20)37-25-21(13-16(27)15-31-25)24(34)32-17-9-11-18(12-10-17)33-39(35,36)23-8-3-2-7-22(23)26(28,29)30/h2-8,13-15,17-18,33H,9-12H2,1H3,(H,32,34). The first-order valence-electron chi connectivity index (χ1n) is 11.9. The predicted molar refractivity (Wildman–Crippen MR) is 138 cm³/mol. The summed E-state index contributed by atoms with van der Waals surface area (Å²) in [6.45, 7) is 0. The first-order valence-corrected chi connectivity index (χ1v) is 14.6. The molecule has 2 N–H and O–H groups in total. The Bertz CT molecular complexity index is 1440. The van der Waals surface area contributed by atoms with Crippen LogP contribution >= 0.6 is 11.8 Å². The molecule has 1 amide bonds. The Morgan fingerprint density at radius 1 is 1.03 bits per heavy atom. The molecular weight excluding hydrogens is 558 g/mol. The summed E-state index contributed by atoms with van der Waals surface area (Å²) in [6, 6.07) is 11.1. The van der Waals surface area contributed by atoms with Gasteiger partial charge in [0, 0.05) is 17.0 Å². The second kappa shape index (κ2) is 11.9. The monoisotopic (exact) mass is 583 g/mol. The van der Waals surface area contributed by atoms with Crippen LogP contribution in [0, 0.1) is 5.82 Å². The maximum atomic E-state index is 14.0. The molecule has 3 aromatic rings. The van der Waals surface area contributed by atoms with Gasteiger partial charge in [0.1, 0.15) is 17.1 Å². The molecule has 0 saturated heterocycles. The number of carbonyl (C=O) groups is 1. The van der Waals surface area contributed by atoms with Crippen molar-refractivity contribution in [2.45, 2.75) is 53.7 Å². The van der Waals surface area contributed by atoms with Crippen molar-refractivity contribution < 1.29 is 35.5 Å². The number of halogens is 4. The normalized spacial score (nSPS) is 18.0. The minimum absolute atomic E-state index is 0.0723. The SMILES string of the molecule is CSc1cccc(Oc2ncc(F)cc2C(=O)NC2CCC(NS(=O)(=O)c3ccccc3C(F)(F)F)CC2)c1. The Hall–Kier alpha value is -3.16. The number of alkyl halides is 3. The number of nitrogens with zero attached hydrogens (tertiary/aromatic N) is 1. The van der Waals surface area contributed by atoms with Crippen molar-refractivity contribution in [1.29, 1.82) is 0 Å². The van der Waals surface area contributed by atoms with Crippen LogP contribution < -0.4 is 14.8 Å². The minimum atomic E-state index is -4.82. The molecule has 13 heteroatoms. The van der Waals surface area contributed by atoms with Crippen LogP contribution in [0.2, 0.25) is 0 Å². The number of benzene rings is 2. The predicted octanol–water partition coefficient (Wildman–Crippen LogP) is 5.77. The van der Waals surface area contributed by atoms with Crippen molar-refractivity contribution in [2.75, 3.05) is 6.26 Å². The Morgan fingerprint density at radius 3 is 2.41 bits per heavy atom. The molecule has 1 aliphatic rings. The van der Waals surface area contributed by atoms with Crippen LogP contribution in [-0.4, -0.2) is 37.6 Å². The number of amides is 1. The molecule has 39 heavy (non-hydrogen) atoms. The third-order valence-electron chi connectivity index (χ3n) is 6.18. The molecule has 1 saturated carbocycles. The third kappa shape index (κ3) is 7.28. The third-order valence-corrected chi connectivity index (χ3v) is 8.49. The summed E-state index contributed by atoms with van der Waals surface area (Å²) in [7, 11) is -4.43. The lowest BCUT2D eigenvalue weighted by molar-refractivity contribution is -0.139. The van der Waals surface area contributed by atoms with Crippen LogP contribution in [0.1, 0.15) is 41.6 Å². The number of hydrogen-bond donors (Lipinski definition) is 2. The Kier molecular flexibility index (Phi) is 8.82. The van der Waals surface area contributed by atoms with Crippen molar-refractivity contribution >= 4 is 27.7 Å². The van der Waals surface area contributed by atoms with Crippen molar-refractivity contribution in [3.63, 3.8) is 0 Å². The molecule has 0 unspecified atom stereocenters. The maximum absolute atomic E-state index is 14.0. The molecule has 2 aromatic carbocycles. The molecule has 1 aliphatic carbocycles. The molecule has 7 nitrogen and oxygen atoms in total. The number of aromatic nitrogens is 1. The van der Waals surface area contributed by atoms with E-state index in [2.05, 4.69) is 15.0 Å². The Balaban J connectivity index is 1.39. The van der Waals surface area contributed by atoms with E-state index in [-0.39, 0.29) is 30.3 Å². The van der Waals surface area contributed by atoms with Crippen molar-refractivity contribution in [3.8, 4) is 11.6 Å². The van der Waals surface area contributed by atoms with E-state index in [0.717, 1.165) is 35.4 Å². The summed E-state index contributed by atoms with van der Waals surface area (Å²) in [5.41, 5.74) is -1.34. The molecule has 0 aliphatic heterocycles. The number of ether oxygens (including phenoxy) is 1. The van der Waals surface area contributed by atoms with E-state index in [9.17, 15) is 30.8 Å². The van der Waals surface area contributed by atoms with Gasteiger partial charge in [-0.25, -0.2) is 22.5 Å². The van der Waals surface area contributed by atoms with Crippen LogP contribution in [0.4, 0.5) is 17.6 Å². The highest BCUT2D eigenvalue weighted by Crippen LogP contribution is 2.34. The molecule has 1 heterocycles. The molecule has 0 radical (unpaired) electrons. The van der Waals surface area contributed by atoms with Gasteiger partial charge in [-0.3, -0.25) is 4.79 Å². The fourth-order valence-corrected chi connectivity index (χ4v) is 6.27. The largest absolute Gasteiger partial charge is 0.438 e. The second-order valence-corrected chi connectivity index (χ2v) is 11.5. The van der Waals surface area contributed by atoms with Crippen LogP contribution in [0.3, 0.4) is 0 Å². The number of rotatable bonds is 8. The zero-order valence-corrected chi connectivity index (χ0v) is 22.3. The highest BCUT2D eigenvalue weighted by Gasteiger charge is 2.38. The van der Waals surface area contributed by atoms with Gasteiger partial charge in [-0.1, -0.05) is 18.2 Å². The maximum Gasteiger partial charge on any atom is 0.417 e. The van der Waals surface area contributed by atoms with Gasteiger partial charge < -0.3 is 10.1 Å². The molecule has 4 rings (SSSR count). The fraction of sp³-hybridized carbons (Fsp3) is 0.308. The van der Waals surface area contributed by atoms with Crippen LogP contribution in [0.15, 0.2) is 70.6 Å². The van der Waals surface area contributed by atoms with Gasteiger partial charge in [-0.2, -0.15) is 13.2 Å². The highest BCUT2D eigenvalue weighted by molar-refractivity contribution is 7.98. The quantitative estimate of drug-likeness (QED) is 0.258. The van der Waals surface area contributed by atoms with E-state index >= 15 is 0 Å². The summed E-state index contributed by atoms with van der Waals surface area (Å²) < 4.78 is 87.5. The molecule has 0 bridgehead atoms. The lowest BCUT2D eigenvalue weighted by atomic mass is 9.91. The van der Waals surface area contributed by atoms with Crippen molar-refractivity contribution in [2.24, 2.45) is 0 Å². The average molecular weight is 584 g/mol. The number of hydrogen-bond acceptors (Lipinski definition) is 6. The van der Waals surface area contributed by atoms with Crippen LogP contribution in [0.5, 0.6) is 11.6 Å². The van der Waals surface area contributed by atoms with Gasteiger partial charge in [-0.15, -0.1) is 11.8 Å². The average Bonchev–Trinajstić information content (AvgIpc) is 2.90. The number of pyridine rings is 1. The van der Waals surface area contributed by atoms with Gasteiger partial charge >= 0.3 is 6.18 Å². The lowest BCUT2D eigenvalue weighted by Gasteiger charge is -2.30. The number of carbonyl (C=O) groups excluding carboxylic acids is 1. The van der Waals surface area contributed by atoms with Gasteiger partial charge in [0.15, 0.2) is 0 Å². The Labute approximate surface area is 227 Å². The summed E-state index contributed by atoms with van der Waals surface area (Å²) in [6.07, 6.45) is -0.703. The summed E-state index contributed by atoms with van der Waals surface area (Å²) in [5.74, 6) is -0.976. The molecule has 1 fully saturated rings. The van der Waals surface area contributed by atoms with Crippen molar-refractivity contribution in [3.05, 3.63) is 77.7 Å². The fourth-order valence-electron chi connectivity index (χ4n) is 4.28. The van der Waals surface area contributed by atoms with E-state index in [1.165, 1.54) is 17.8 Å². The second-order valence-electron chi connectivity index (χ2n) is 8.92. The zero-order chi connectivity index (χ0) is 28.2. The molecule has 0 atom stereocenters. The highest BCUT2D eigenvalue weighted by atomic mass is 32.2. The van der Waals surface area contributed by atoms with E-state index in [1.807, 2.05) is 12.3 Å². The number of thioether (sulfide) groups is 1. The summed E-state index contributed by atoms with van der Waals surface area (Å²) in [5, 5.41) is 2.80. The van der Waals surface area contributed by atoms with Gasteiger partial charge in [-0.05, 0) is 68.3 Å². The smallest absolute Gasteiger partial charge is 0.417 e. The Morgan fingerprint density at radius 2 is 1.72 bits per heavy atom. The first-order chi connectivity index (χ1) is 18.5. The van der Waals surface area contributed by atoms with Crippen molar-refractivity contribution in [1.82, 2.24) is 15.0 Å². The number of sulfonamides is 1. The van der Waals surface area contributed by atoms with Gasteiger partial charge in [0.05, 0.1) is 16.7 Å². The molecular formula is C26H25F4N3O4S2. The topological polar surface area (TPSA) is 97.4 Å². The van der Waals surface area contributed by atoms with Crippen LogP contribution in [-0.2, 0) is 16.2 Å². The van der Waals surface area contributed by atoms with Gasteiger partial charge in [0.2, 0.25) is 15.9 Å². The van der Waals surface area contributed by atoms with E-state index in [0.29, 0.717) is 18.6 Å². The molecule has 1 aromatic heterocycles. The first kappa shape index (κ1) is 28.8.